The summed E-state index contributed by atoms with van der Waals surface area (Å²) in [5.74, 6) is -0.257. The standard InChI is InChI=1S/C16H14N4O2S/c21-14-7-4-8-18-20(14)10-9-17-15(22)13-11-23-16(19-13)12-5-2-1-3-6-12/h1-8,11H,9-10H2,(H,17,22). The molecular weight excluding hydrogens is 312 g/mol. The minimum absolute atomic E-state index is 0.193. The van der Waals surface area contributed by atoms with Gasteiger partial charge in [0.05, 0.1) is 6.54 Å². The van der Waals surface area contributed by atoms with Crippen LogP contribution in [0, 0.1) is 0 Å². The second kappa shape index (κ2) is 6.97. The number of carbonyl (C=O) groups is 1. The van der Waals surface area contributed by atoms with E-state index in [0.29, 0.717) is 18.8 Å². The predicted octanol–water partition coefficient (Wildman–Crippen LogP) is 1.80. The van der Waals surface area contributed by atoms with Crippen LogP contribution in [0.2, 0.25) is 0 Å². The molecule has 116 valence electrons. The van der Waals surface area contributed by atoms with Crippen LogP contribution < -0.4 is 10.9 Å². The molecule has 0 radical (unpaired) electrons. The lowest BCUT2D eigenvalue weighted by atomic mass is 10.2. The van der Waals surface area contributed by atoms with Crippen molar-refractivity contribution in [2.75, 3.05) is 6.54 Å². The summed E-state index contributed by atoms with van der Waals surface area (Å²) < 4.78 is 1.30. The Morgan fingerprint density at radius 1 is 1.17 bits per heavy atom. The molecule has 6 nitrogen and oxygen atoms in total. The minimum Gasteiger partial charge on any atom is -0.349 e. The van der Waals surface area contributed by atoms with E-state index < -0.39 is 0 Å². The molecule has 1 N–H and O–H groups in total. The number of amides is 1. The first-order valence-corrected chi connectivity index (χ1v) is 7.93. The van der Waals surface area contributed by atoms with E-state index in [2.05, 4.69) is 15.4 Å². The zero-order chi connectivity index (χ0) is 16.1. The lowest BCUT2D eigenvalue weighted by Crippen LogP contribution is -2.31. The van der Waals surface area contributed by atoms with Crippen molar-refractivity contribution in [3.8, 4) is 10.6 Å². The highest BCUT2D eigenvalue weighted by Gasteiger charge is 2.11. The molecule has 0 bridgehead atoms. The SMILES string of the molecule is O=C(NCCn1ncccc1=O)c1csc(-c2ccccc2)n1. The maximum Gasteiger partial charge on any atom is 0.270 e. The first-order valence-electron chi connectivity index (χ1n) is 7.05. The number of aromatic nitrogens is 3. The first-order chi connectivity index (χ1) is 11.2. The minimum atomic E-state index is -0.257. The Kier molecular flexibility index (Phi) is 4.58. The van der Waals surface area contributed by atoms with Crippen molar-refractivity contribution >= 4 is 17.2 Å². The summed E-state index contributed by atoms with van der Waals surface area (Å²) in [7, 11) is 0. The predicted molar refractivity (Wildman–Crippen MR) is 88.4 cm³/mol. The number of thiazole rings is 1. The molecule has 0 unspecified atom stereocenters. The van der Waals surface area contributed by atoms with Gasteiger partial charge in [0.2, 0.25) is 0 Å². The third-order valence-corrected chi connectivity index (χ3v) is 4.04. The van der Waals surface area contributed by atoms with E-state index in [1.54, 1.807) is 11.4 Å². The maximum atomic E-state index is 12.1. The number of hydrogen-bond acceptors (Lipinski definition) is 5. The Balaban J connectivity index is 1.60. The molecule has 3 aromatic rings. The number of carbonyl (C=O) groups excluding carboxylic acids is 1. The smallest absolute Gasteiger partial charge is 0.270 e. The van der Waals surface area contributed by atoms with Crippen LogP contribution in [-0.2, 0) is 6.54 Å². The summed E-state index contributed by atoms with van der Waals surface area (Å²) in [6.07, 6.45) is 1.54. The van der Waals surface area contributed by atoms with Crippen molar-refractivity contribution in [1.82, 2.24) is 20.1 Å². The first kappa shape index (κ1) is 15.1. The van der Waals surface area contributed by atoms with Crippen LogP contribution in [0.5, 0.6) is 0 Å². The van der Waals surface area contributed by atoms with E-state index in [0.717, 1.165) is 10.6 Å². The molecule has 2 heterocycles. The van der Waals surface area contributed by atoms with Crippen molar-refractivity contribution in [3.63, 3.8) is 0 Å². The van der Waals surface area contributed by atoms with Gasteiger partial charge in [-0.25, -0.2) is 9.67 Å². The quantitative estimate of drug-likeness (QED) is 0.775. The van der Waals surface area contributed by atoms with Gasteiger partial charge in [-0.2, -0.15) is 5.10 Å². The molecule has 1 amide bonds. The van der Waals surface area contributed by atoms with Gasteiger partial charge in [0.1, 0.15) is 10.7 Å². The summed E-state index contributed by atoms with van der Waals surface area (Å²) in [5, 5.41) is 9.21. The highest BCUT2D eigenvalue weighted by Crippen LogP contribution is 2.23. The van der Waals surface area contributed by atoms with Crippen molar-refractivity contribution in [1.29, 1.82) is 0 Å². The summed E-state index contributed by atoms with van der Waals surface area (Å²) >= 11 is 1.42. The summed E-state index contributed by atoms with van der Waals surface area (Å²) in [5.41, 5.74) is 1.17. The van der Waals surface area contributed by atoms with Gasteiger partial charge in [0, 0.05) is 29.8 Å². The van der Waals surface area contributed by atoms with Crippen molar-refractivity contribution in [2.24, 2.45) is 0 Å². The lowest BCUT2D eigenvalue weighted by Gasteiger charge is -2.04. The van der Waals surface area contributed by atoms with Crippen LogP contribution in [0.15, 0.2) is 58.8 Å². The van der Waals surface area contributed by atoms with Gasteiger partial charge in [-0.3, -0.25) is 9.59 Å². The van der Waals surface area contributed by atoms with E-state index in [9.17, 15) is 9.59 Å². The van der Waals surface area contributed by atoms with Crippen LogP contribution in [-0.4, -0.2) is 27.2 Å². The number of nitrogens with zero attached hydrogens (tertiary/aromatic N) is 3. The van der Waals surface area contributed by atoms with E-state index in [1.165, 1.54) is 28.3 Å². The molecule has 0 atom stereocenters. The third kappa shape index (κ3) is 3.70. The molecule has 23 heavy (non-hydrogen) atoms. The van der Waals surface area contributed by atoms with Crippen LogP contribution >= 0.6 is 11.3 Å². The number of hydrogen-bond donors (Lipinski definition) is 1. The van der Waals surface area contributed by atoms with E-state index in [1.807, 2.05) is 30.3 Å². The Hall–Kier alpha value is -2.80. The van der Waals surface area contributed by atoms with Crippen LogP contribution in [0.4, 0.5) is 0 Å². The number of rotatable bonds is 5. The molecule has 0 saturated carbocycles. The second-order valence-corrected chi connectivity index (χ2v) is 5.60. The Morgan fingerprint density at radius 3 is 2.78 bits per heavy atom. The summed E-state index contributed by atoms with van der Waals surface area (Å²) in [4.78, 5) is 27.9. The van der Waals surface area contributed by atoms with Gasteiger partial charge in [-0.15, -0.1) is 11.3 Å². The molecule has 3 rings (SSSR count). The molecule has 0 aliphatic heterocycles. The van der Waals surface area contributed by atoms with Crippen molar-refractivity contribution in [2.45, 2.75) is 6.54 Å². The summed E-state index contributed by atoms with van der Waals surface area (Å²) in [6, 6.07) is 12.7. The van der Waals surface area contributed by atoms with Crippen LogP contribution in [0.25, 0.3) is 10.6 Å². The lowest BCUT2D eigenvalue weighted by molar-refractivity contribution is 0.0947. The zero-order valence-corrected chi connectivity index (χ0v) is 13.0. The monoisotopic (exact) mass is 326 g/mol. The van der Waals surface area contributed by atoms with Gasteiger partial charge in [-0.1, -0.05) is 30.3 Å². The topological polar surface area (TPSA) is 76.9 Å². The fourth-order valence-corrected chi connectivity index (χ4v) is 2.82. The highest BCUT2D eigenvalue weighted by molar-refractivity contribution is 7.13. The van der Waals surface area contributed by atoms with E-state index in [4.69, 9.17) is 0 Å². The van der Waals surface area contributed by atoms with Gasteiger partial charge in [-0.05, 0) is 6.07 Å². The fraction of sp³-hybridized carbons (Fsp3) is 0.125. The molecule has 0 aliphatic rings. The largest absolute Gasteiger partial charge is 0.349 e. The average Bonchev–Trinajstić information content (AvgIpc) is 3.07. The Bertz CT molecular complexity index is 858. The van der Waals surface area contributed by atoms with Crippen molar-refractivity contribution in [3.05, 3.63) is 70.1 Å². The van der Waals surface area contributed by atoms with Gasteiger partial charge >= 0.3 is 0 Å². The number of nitrogens with one attached hydrogen (secondary N) is 1. The van der Waals surface area contributed by atoms with Gasteiger partial charge in [0.15, 0.2) is 0 Å². The van der Waals surface area contributed by atoms with Crippen LogP contribution in [0.1, 0.15) is 10.5 Å². The molecule has 2 aromatic heterocycles. The van der Waals surface area contributed by atoms with E-state index >= 15 is 0 Å². The second-order valence-electron chi connectivity index (χ2n) is 4.74. The normalized spacial score (nSPS) is 10.4. The van der Waals surface area contributed by atoms with Gasteiger partial charge < -0.3 is 5.32 Å². The molecule has 0 saturated heterocycles. The molecule has 0 spiro atoms. The fourth-order valence-electron chi connectivity index (χ4n) is 2.01. The highest BCUT2D eigenvalue weighted by atomic mass is 32.1. The van der Waals surface area contributed by atoms with Crippen LogP contribution in [0.3, 0.4) is 0 Å². The zero-order valence-electron chi connectivity index (χ0n) is 12.2. The summed E-state index contributed by atoms with van der Waals surface area (Å²) in [6.45, 7) is 0.634. The maximum absolute atomic E-state index is 12.1. The van der Waals surface area contributed by atoms with Crippen molar-refractivity contribution < 1.29 is 4.79 Å². The third-order valence-electron chi connectivity index (χ3n) is 3.15. The molecule has 0 fully saturated rings. The average molecular weight is 326 g/mol. The Morgan fingerprint density at radius 2 is 2.00 bits per heavy atom. The Labute approximate surface area is 136 Å². The van der Waals surface area contributed by atoms with Gasteiger partial charge in [0.25, 0.3) is 11.5 Å². The molecular formula is C16H14N4O2S. The molecule has 1 aromatic carbocycles. The molecule has 7 heteroatoms. The number of benzene rings is 1. The van der Waals surface area contributed by atoms with E-state index in [-0.39, 0.29) is 11.5 Å². The molecule has 0 aliphatic carbocycles.